The van der Waals surface area contributed by atoms with Gasteiger partial charge in [0.05, 0.1) is 0 Å². The molecule has 2 rings (SSSR count). The van der Waals surface area contributed by atoms with E-state index in [9.17, 15) is 4.79 Å². The Hall–Kier alpha value is -2.39. The number of hydrogen-bond acceptors (Lipinski definition) is 3. The van der Waals surface area contributed by atoms with Gasteiger partial charge in [-0.05, 0) is 49.0 Å². The molecule has 0 saturated heterocycles. The summed E-state index contributed by atoms with van der Waals surface area (Å²) in [4.78, 5) is 12.0. The van der Waals surface area contributed by atoms with Crippen molar-refractivity contribution in [1.82, 2.24) is 0 Å². The summed E-state index contributed by atoms with van der Waals surface area (Å²) in [5, 5.41) is 0. The number of benzene rings is 1. The molecule has 1 aromatic carbocycles. The Balaban J connectivity index is 0.000000756. The molecule has 1 aliphatic carbocycles. The van der Waals surface area contributed by atoms with Gasteiger partial charge >= 0.3 is 0 Å². The largest absolute Gasteiger partial charge is 0.493 e. The van der Waals surface area contributed by atoms with Crippen LogP contribution in [0.1, 0.15) is 59.9 Å². The van der Waals surface area contributed by atoms with Gasteiger partial charge in [0.1, 0.15) is 12.4 Å². The predicted molar refractivity (Wildman–Crippen MR) is 133 cm³/mol. The number of allylic oxidation sites excluding steroid dienone is 7. The summed E-state index contributed by atoms with van der Waals surface area (Å²) >= 11 is 0. The van der Waals surface area contributed by atoms with Crippen molar-refractivity contribution in [3.05, 3.63) is 83.2 Å². The van der Waals surface area contributed by atoms with Crippen molar-refractivity contribution in [2.45, 2.75) is 61.0 Å². The summed E-state index contributed by atoms with van der Waals surface area (Å²) in [5.74, 6) is 2.69. The zero-order chi connectivity index (χ0) is 23.6. The van der Waals surface area contributed by atoms with E-state index in [-0.39, 0.29) is 5.78 Å². The van der Waals surface area contributed by atoms with Crippen LogP contribution >= 0.6 is 0 Å². The van der Waals surface area contributed by atoms with Gasteiger partial charge in [0.25, 0.3) is 0 Å². The van der Waals surface area contributed by atoms with Gasteiger partial charge in [0.2, 0.25) is 0 Å². The molecule has 3 nitrogen and oxygen atoms in total. The molecule has 0 radical (unpaired) electrons. The Morgan fingerprint density at radius 1 is 1.10 bits per heavy atom. The molecule has 3 heteroatoms. The fraction of sp³-hybridized carbons (Fsp3) is 0.464. The maximum atomic E-state index is 12.0. The van der Waals surface area contributed by atoms with Crippen LogP contribution in [0.2, 0.25) is 0 Å². The van der Waals surface area contributed by atoms with E-state index in [1.165, 1.54) is 6.42 Å². The van der Waals surface area contributed by atoms with E-state index >= 15 is 0 Å². The zero-order valence-electron chi connectivity index (χ0n) is 20.8. The summed E-state index contributed by atoms with van der Waals surface area (Å²) in [6, 6.07) is 10.1. The molecule has 0 bridgehead atoms. The molecule has 0 saturated carbocycles. The van der Waals surface area contributed by atoms with Crippen molar-refractivity contribution < 1.29 is 14.3 Å². The molecule has 0 fully saturated rings. The molecule has 31 heavy (non-hydrogen) atoms. The van der Waals surface area contributed by atoms with E-state index in [4.69, 9.17) is 4.74 Å². The number of ether oxygens (including phenoxy) is 2. The second-order valence-electron chi connectivity index (χ2n) is 7.98. The van der Waals surface area contributed by atoms with Gasteiger partial charge in [-0.2, -0.15) is 0 Å². The molecule has 1 aromatic rings. The second kappa shape index (κ2) is 17.3. The van der Waals surface area contributed by atoms with Crippen LogP contribution in [0.25, 0.3) is 0 Å². The summed E-state index contributed by atoms with van der Waals surface area (Å²) < 4.78 is 10.1. The Labute approximate surface area is 190 Å². The van der Waals surface area contributed by atoms with Crippen molar-refractivity contribution in [3.8, 4) is 0 Å². The SMILES string of the molecule is C/C=C\C(=O)C1=CCC(OCc2ccccc2)=CC=C1C.CCC(C)C(C)C.COC. The number of hydrogen-bond donors (Lipinski definition) is 0. The maximum absolute atomic E-state index is 12.0. The minimum Gasteiger partial charge on any atom is -0.493 e. The highest BCUT2D eigenvalue weighted by atomic mass is 16.5. The Bertz CT molecular complexity index is 737. The average Bonchev–Trinajstić information content (AvgIpc) is 2.95. The van der Waals surface area contributed by atoms with Gasteiger partial charge in [-0.25, -0.2) is 0 Å². The van der Waals surface area contributed by atoms with E-state index in [0.717, 1.165) is 34.3 Å². The van der Waals surface area contributed by atoms with Crippen molar-refractivity contribution in [1.29, 1.82) is 0 Å². The third-order valence-corrected chi connectivity index (χ3v) is 5.08. The average molecular weight is 427 g/mol. The summed E-state index contributed by atoms with van der Waals surface area (Å²) in [7, 11) is 3.25. The van der Waals surface area contributed by atoms with Crippen LogP contribution in [0, 0.1) is 11.8 Å². The molecular formula is C28H42O3. The fourth-order valence-electron chi connectivity index (χ4n) is 2.60. The van der Waals surface area contributed by atoms with Crippen LogP contribution in [0.4, 0.5) is 0 Å². The highest BCUT2D eigenvalue weighted by molar-refractivity contribution is 6.07. The first-order chi connectivity index (χ1) is 14.8. The quantitative estimate of drug-likeness (QED) is 0.424. The molecule has 0 aromatic heterocycles. The summed E-state index contributed by atoms with van der Waals surface area (Å²) in [6.07, 6.45) is 11.2. The second-order valence-corrected chi connectivity index (χ2v) is 7.98. The van der Waals surface area contributed by atoms with Gasteiger partial charge < -0.3 is 9.47 Å². The number of methoxy groups -OCH3 is 1. The lowest BCUT2D eigenvalue weighted by molar-refractivity contribution is -0.111. The van der Waals surface area contributed by atoms with E-state index in [1.807, 2.05) is 62.4 Å². The predicted octanol–water partition coefficient (Wildman–Crippen LogP) is 7.46. The topological polar surface area (TPSA) is 35.5 Å². The van der Waals surface area contributed by atoms with Gasteiger partial charge in [-0.15, -0.1) is 0 Å². The highest BCUT2D eigenvalue weighted by Gasteiger charge is 2.11. The first-order valence-corrected chi connectivity index (χ1v) is 11.1. The first-order valence-electron chi connectivity index (χ1n) is 11.1. The minimum absolute atomic E-state index is 0.0453. The number of ketones is 1. The standard InChI is InChI=1S/C19H20O2.C7H16.C2H6O/c1-3-7-19(20)18-13-12-17(11-10-15(18)2)21-14-16-8-5-4-6-9-16;1-5-7(4)6(2)3;1-3-2/h3-11,13H,12,14H2,1-2H3;6-7H,5H2,1-4H3;1-2H3/b7-3-;;. The fourth-order valence-corrected chi connectivity index (χ4v) is 2.60. The highest BCUT2D eigenvalue weighted by Crippen LogP contribution is 2.21. The molecule has 1 unspecified atom stereocenters. The summed E-state index contributed by atoms with van der Waals surface area (Å²) in [5.41, 5.74) is 2.86. The lowest BCUT2D eigenvalue weighted by Crippen LogP contribution is -2.00. The Morgan fingerprint density at radius 3 is 2.19 bits per heavy atom. The normalized spacial score (nSPS) is 14.2. The maximum Gasteiger partial charge on any atom is 0.185 e. The van der Waals surface area contributed by atoms with Crippen LogP contribution in [0.3, 0.4) is 0 Å². The lowest BCUT2D eigenvalue weighted by atomic mass is 9.96. The molecule has 0 spiro atoms. The van der Waals surface area contributed by atoms with E-state index < -0.39 is 0 Å². The van der Waals surface area contributed by atoms with E-state index in [0.29, 0.717) is 13.0 Å². The smallest absolute Gasteiger partial charge is 0.185 e. The van der Waals surface area contributed by atoms with Gasteiger partial charge in [-0.3, -0.25) is 4.79 Å². The van der Waals surface area contributed by atoms with Crippen molar-refractivity contribution >= 4 is 5.78 Å². The lowest BCUT2D eigenvalue weighted by Gasteiger charge is -2.10. The van der Waals surface area contributed by atoms with Crippen molar-refractivity contribution in [2.24, 2.45) is 11.8 Å². The molecule has 1 atom stereocenters. The van der Waals surface area contributed by atoms with Gasteiger partial charge in [-0.1, -0.05) is 82.7 Å². The molecule has 0 heterocycles. The molecule has 1 aliphatic rings. The van der Waals surface area contributed by atoms with Crippen molar-refractivity contribution in [3.63, 3.8) is 0 Å². The van der Waals surface area contributed by atoms with Crippen LogP contribution < -0.4 is 0 Å². The van der Waals surface area contributed by atoms with Crippen LogP contribution in [-0.4, -0.2) is 20.0 Å². The third kappa shape index (κ3) is 12.8. The van der Waals surface area contributed by atoms with Crippen molar-refractivity contribution in [2.75, 3.05) is 14.2 Å². The van der Waals surface area contributed by atoms with Crippen LogP contribution in [-0.2, 0) is 20.9 Å². The van der Waals surface area contributed by atoms with E-state index in [1.54, 1.807) is 26.4 Å². The number of carbonyl (C=O) groups excluding carboxylic acids is 1. The Kier molecular flexibility index (Phi) is 16.0. The Morgan fingerprint density at radius 2 is 1.71 bits per heavy atom. The zero-order valence-corrected chi connectivity index (χ0v) is 20.8. The molecule has 0 amide bonds. The van der Waals surface area contributed by atoms with Crippen LogP contribution in [0.15, 0.2) is 77.6 Å². The summed E-state index contributed by atoms with van der Waals surface area (Å²) in [6.45, 7) is 13.4. The monoisotopic (exact) mass is 426 g/mol. The van der Waals surface area contributed by atoms with Crippen LogP contribution in [0.5, 0.6) is 0 Å². The minimum atomic E-state index is 0.0453. The van der Waals surface area contributed by atoms with Gasteiger partial charge in [0.15, 0.2) is 5.78 Å². The third-order valence-electron chi connectivity index (χ3n) is 5.08. The van der Waals surface area contributed by atoms with Gasteiger partial charge in [0, 0.05) is 26.2 Å². The molecule has 0 aliphatic heterocycles. The number of rotatable bonds is 7. The molecular weight excluding hydrogens is 384 g/mol. The number of carbonyl (C=O) groups is 1. The molecule has 0 N–H and O–H groups in total. The first kappa shape index (κ1) is 28.6. The molecule has 172 valence electrons. The van der Waals surface area contributed by atoms with E-state index in [2.05, 4.69) is 32.4 Å².